The molecule has 0 saturated carbocycles. The van der Waals surface area contributed by atoms with Crippen molar-refractivity contribution in [2.75, 3.05) is 67.5 Å². The average molecular weight is 516 g/mol. The minimum Gasteiger partial charge on any atom is -0.353 e. The molecule has 0 spiro atoms. The molecule has 2 aliphatic heterocycles. The molecule has 9 nitrogen and oxygen atoms in total. The van der Waals surface area contributed by atoms with Gasteiger partial charge in [0.15, 0.2) is 21.9 Å². The SMILES string of the molecule is Cl.Clc1nc(Nc2nc(Cl)c(Cl)c(N3CCNCC3)n2)nc(N2CCNCC2)c1Cl. The maximum Gasteiger partial charge on any atom is 0.233 e. The predicted octanol–water partition coefficient (Wildman–Crippen LogP) is 2.86. The summed E-state index contributed by atoms with van der Waals surface area (Å²) < 4.78 is 0. The van der Waals surface area contributed by atoms with Crippen LogP contribution in [0.25, 0.3) is 0 Å². The van der Waals surface area contributed by atoms with Crippen LogP contribution in [0.2, 0.25) is 20.4 Å². The third-order valence-corrected chi connectivity index (χ3v) is 6.08. The van der Waals surface area contributed by atoms with Gasteiger partial charge in [-0.1, -0.05) is 46.4 Å². The van der Waals surface area contributed by atoms with E-state index in [0.29, 0.717) is 21.7 Å². The number of anilines is 4. The van der Waals surface area contributed by atoms with Crippen LogP contribution < -0.4 is 25.8 Å². The molecular weight excluding hydrogens is 496 g/mol. The lowest BCUT2D eigenvalue weighted by Crippen LogP contribution is -2.44. The molecule has 4 rings (SSSR count). The van der Waals surface area contributed by atoms with Gasteiger partial charge in [0.2, 0.25) is 11.9 Å². The second-order valence-corrected chi connectivity index (χ2v) is 8.02. The summed E-state index contributed by atoms with van der Waals surface area (Å²) >= 11 is 25.2. The van der Waals surface area contributed by atoms with E-state index in [1.165, 1.54) is 0 Å². The smallest absolute Gasteiger partial charge is 0.233 e. The number of nitrogens with one attached hydrogen (secondary N) is 3. The van der Waals surface area contributed by atoms with E-state index in [4.69, 9.17) is 46.4 Å². The zero-order valence-electron chi connectivity index (χ0n) is 15.8. The summed E-state index contributed by atoms with van der Waals surface area (Å²) in [5.41, 5.74) is 0. The maximum atomic E-state index is 6.35. The standard InChI is InChI=1S/C16H19Cl4N9.ClH/c17-9-11(19)23-15(25-13(9)28-5-1-21-2-6-28)27-16-24-12(20)10(18)14(26-16)29-7-3-22-4-8-29;/h21-22H,1-8H2,(H,23,24,25,26,27);1H. The maximum absolute atomic E-state index is 6.35. The zero-order chi connectivity index (χ0) is 20.4. The number of halogens is 5. The first-order valence-corrected chi connectivity index (χ1v) is 10.7. The largest absolute Gasteiger partial charge is 0.353 e. The highest BCUT2D eigenvalue weighted by Gasteiger charge is 2.22. The lowest BCUT2D eigenvalue weighted by molar-refractivity contribution is 0.584. The van der Waals surface area contributed by atoms with Gasteiger partial charge in [-0.2, -0.15) is 19.9 Å². The second kappa shape index (κ2) is 10.5. The Bertz CT molecular complexity index is 816. The van der Waals surface area contributed by atoms with Gasteiger partial charge in [-0.15, -0.1) is 12.4 Å². The zero-order valence-corrected chi connectivity index (χ0v) is 19.6. The topological polar surface area (TPSA) is 94.1 Å². The van der Waals surface area contributed by atoms with E-state index in [9.17, 15) is 0 Å². The van der Waals surface area contributed by atoms with E-state index < -0.39 is 0 Å². The highest BCUT2D eigenvalue weighted by molar-refractivity contribution is 6.43. The van der Waals surface area contributed by atoms with Gasteiger partial charge in [0.25, 0.3) is 0 Å². The quantitative estimate of drug-likeness (QED) is 0.532. The number of nitrogens with zero attached hydrogens (tertiary/aromatic N) is 6. The Morgan fingerprint density at radius 3 is 1.37 bits per heavy atom. The second-order valence-electron chi connectivity index (χ2n) is 6.55. The summed E-state index contributed by atoms with van der Waals surface area (Å²) in [7, 11) is 0. The van der Waals surface area contributed by atoms with Gasteiger partial charge < -0.3 is 20.4 Å². The van der Waals surface area contributed by atoms with Crippen LogP contribution in [-0.2, 0) is 0 Å². The Morgan fingerprint density at radius 1 is 0.633 bits per heavy atom. The van der Waals surface area contributed by atoms with Crippen LogP contribution in [0.15, 0.2) is 0 Å². The van der Waals surface area contributed by atoms with Crippen LogP contribution in [0, 0.1) is 0 Å². The molecule has 14 heteroatoms. The molecule has 2 aliphatic rings. The molecule has 0 aromatic carbocycles. The Hall–Kier alpha value is -1.07. The fourth-order valence-electron chi connectivity index (χ4n) is 3.20. The summed E-state index contributed by atoms with van der Waals surface area (Å²) in [6, 6.07) is 0. The fraction of sp³-hybridized carbons (Fsp3) is 0.500. The summed E-state index contributed by atoms with van der Waals surface area (Å²) in [6.45, 7) is 6.42. The van der Waals surface area contributed by atoms with Gasteiger partial charge in [0.05, 0.1) is 0 Å². The lowest BCUT2D eigenvalue weighted by Gasteiger charge is -2.29. The average Bonchev–Trinajstić information content (AvgIpc) is 2.74. The molecule has 3 N–H and O–H groups in total. The Labute approximate surface area is 200 Å². The summed E-state index contributed by atoms with van der Waals surface area (Å²) in [6.07, 6.45) is 0. The number of hydrogen-bond acceptors (Lipinski definition) is 9. The van der Waals surface area contributed by atoms with Crippen molar-refractivity contribution in [3.05, 3.63) is 20.4 Å². The molecule has 30 heavy (non-hydrogen) atoms. The van der Waals surface area contributed by atoms with Crippen molar-refractivity contribution < 1.29 is 0 Å². The summed E-state index contributed by atoms with van der Waals surface area (Å²) in [5.74, 6) is 1.60. The highest BCUT2D eigenvalue weighted by atomic mass is 35.5. The van der Waals surface area contributed by atoms with Crippen LogP contribution in [0.5, 0.6) is 0 Å². The van der Waals surface area contributed by atoms with E-state index in [-0.39, 0.29) is 34.6 Å². The molecule has 0 atom stereocenters. The fourth-order valence-corrected chi connectivity index (χ4v) is 3.94. The van der Waals surface area contributed by atoms with Crippen molar-refractivity contribution in [3.8, 4) is 0 Å². The minimum absolute atomic E-state index is 0. The number of piperazine rings is 2. The van der Waals surface area contributed by atoms with Gasteiger partial charge in [-0.3, -0.25) is 5.32 Å². The van der Waals surface area contributed by atoms with E-state index >= 15 is 0 Å². The van der Waals surface area contributed by atoms with Gasteiger partial charge in [-0.05, 0) is 0 Å². The van der Waals surface area contributed by atoms with Crippen LogP contribution in [-0.4, -0.2) is 72.3 Å². The number of rotatable bonds is 4. The molecule has 0 radical (unpaired) electrons. The van der Waals surface area contributed by atoms with Crippen molar-refractivity contribution in [2.24, 2.45) is 0 Å². The van der Waals surface area contributed by atoms with Crippen molar-refractivity contribution in [1.82, 2.24) is 30.6 Å². The van der Waals surface area contributed by atoms with Crippen molar-refractivity contribution in [2.45, 2.75) is 0 Å². The first kappa shape index (κ1) is 23.6. The predicted molar refractivity (Wildman–Crippen MR) is 125 cm³/mol. The first-order chi connectivity index (χ1) is 14.0. The first-order valence-electron chi connectivity index (χ1n) is 9.17. The van der Waals surface area contributed by atoms with E-state index in [1.54, 1.807) is 0 Å². The monoisotopic (exact) mass is 513 g/mol. The third-order valence-electron chi connectivity index (χ3n) is 4.64. The van der Waals surface area contributed by atoms with Crippen molar-refractivity contribution in [3.63, 3.8) is 0 Å². The van der Waals surface area contributed by atoms with Crippen LogP contribution in [0.1, 0.15) is 0 Å². The Kier molecular flexibility index (Phi) is 8.25. The highest BCUT2D eigenvalue weighted by Crippen LogP contribution is 2.34. The summed E-state index contributed by atoms with van der Waals surface area (Å²) in [5, 5.41) is 10.5. The van der Waals surface area contributed by atoms with E-state index in [1.807, 2.05) is 0 Å². The molecule has 2 saturated heterocycles. The van der Waals surface area contributed by atoms with Gasteiger partial charge in [0.1, 0.15) is 10.0 Å². The Morgan fingerprint density at radius 2 is 1.00 bits per heavy atom. The summed E-state index contributed by atoms with van der Waals surface area (Å²) in [4.78, 5) is 21.6. The molecule has 2 aromatic heterocycles. The molecule has 0 unspecified atom stereocenters. The van der Waals surface area contributed by atoms with E-state index in [0.717, 1.165) is 52.4 Å². The molecule has 0 amide bonds. The van der Waals surface area contributed by atoms with Crippen molar-refractivity contribution in [1.29, 1.82) is 0 Å². The van der Waals surface area contributed by atoms with Crippen LogP contribution >= 0.6 is 58.8 Å². The lowest BCUT2D eigenvalue weighted by atomic mass is 10.3. The van der Waals surface area contributed by atoms with Crippen LogP contribution in [0.3, 0.4) is 0 Å². The van der Waals surface area contributed by atoms with Gasteiger partial charge in [-0.25, -0.2) is 0 Å². The van der Waals surface area contributed by atoms with E-state index in [2.05, 4.69) is 45.7 Å². The molecule has 0 aliphatic carbocycles. The number of aromatic nitrogens is 4. The molecule has 0 bridgehead atoms. The molecule has 2 aromatic rings. The Balaban J connectivity index is 0.00000256. The van der Waals surface area contributed by atoms with Gasteiger partial charge >= 0.3 is 0 Å². The van der Waals surface area contributed by atoms with Gasteiger partial charge in [0, 0.05) is 52.4 Å². The molecule has 2 fully saturated rings. The molecule has 164 valence electrons. The third kappa shape index (κ3) is 5.21. The minimum atomic E-state index is 0. The number of hydrogen-bond donors (Lipinski definition) is 3. The molecule has 4 heterocycles. The van der Waals surface area contributed by atoms with Crippen molar-refractivity contribution >= 4 is 82.3 Å². The van der Waals surface area contributed by atoms with Crippen LogP contribution in [0.4, 0.5) is 23.5 Å². The molecular formula is C16H20Cl5N9. The normalized spacial score (nSPS) is 16.9.